The lowest BCUT2D eigenvalue weighted by atomic mass is 10.1. The first-order valence-electron chi connectivity index (χ1n) is 4.61. The zero-order valence-corrected chi connectivity index (χ0v) is 8.37. The number of hydrogen-bond acceptors (Lipinski definition) is 1. The molecular weight excluding hydrogens is 184 g/mol. The van der Waals surface area contributed by atoms with Gasteiger partial charge in [0.05, 0.1) is 6.10 Å². The minimum absolute atomic E-state index is 0.249. The maximum Gasteiger partial charge on any atom is 0.0581 e. The van der Waals surface area contributed by atoms with Gasteiger partial charge in [-0.25, -0.2) is 0 Å². The molecule has 0 heterocycles. The number of aliphatic hydroxyl groups is 1. The lowest BCUT2D eigenvalue weighted by Crippen LogP contribution is -2.10. The molecule has 1 unspecified atom stereocenters. The molecule has 1 atom stereocenters. The van der Waals surface area contributed by atoms with Crippen molar-refractivity contribution >= 4 is 11.6 Å². The van der Waals surface area contributed by atoms with Crippen molar-refractivity contribution < 1.29 is 5.11 Å². The van der Waals surface area contributed by atoms with Gasteiger partial charge in [0.25, 0.3) is 0 Å². The van der Waals surface area contributed by atoms with Gasteiger partial charge >= 0.3 is 0 Å². The molecule has 0 spiro atoms. The minimum Gasteiger partial charge on any atom is -0.393 e. The molecular formula is C11H15ClO. The molecule has 0 saturated carbocycles. The van der Waals surface area contributed by atoms with Crippen molar-refractivity contribution in [3.05, 3.63) is 35.9 Å². The molecule has 1 N–H and O–H groups in total. The van der Waals surface area contributed by atoms with Gasteiger partial charge in [0.2, 0.25) is 0 Å². The van der Waals surface area contributed by atoms with E-state index in [1.807, 2.05) is 30.3 Å². The van der Waals surface area contributed by atoms with Gasteiger partial charge in [0, 0.05) is 5.88 Å². The highest BCUT2D eigenvalue weighted by Gasteiger charge is 2.03. The van der Waals surface area contributed by atoms with E-state index in [9.17, 15) is 5.11 Å². The van der Waals surface area contributed by atoms with Gasteiger partial charge in [-0.15, -0.1) is 11.6 Å². The molecule has 0 aliphatic rings. The van der Waals surface area contributed by atoms with E-state index < -0.39 is 0 Å². The summed E-state index contributed by atoms with van der Waals surface area (Å²) in [5.74, 6) is 0.631. The van der Waals surface area contributed by atoms with Crippen molar-refractivity contribution in [2.24, 2.45) is 0 Å². The van der Waals surface area contributed by atoms with Crippen molar-refractivity contribution in [3.8, 4) is 0 Å². The van der Waals surface area contributed by atoms with Crippen LogP contribution in [0.25, 0.3) is 0 Å². The van der Waals surface area contributed by atoms with E-state index in [-0.39, 0.29) is 6.10 Å². The zero-order valence-electron chi connectivity index (χ0n) is 7.62. The number of alkyl halides is 1. The number of benzene rings is 1. The van der Waals surface area contributed by atoms with E-state index in [2.05, 4.69) is 0 Å². The van der Waals surface area contributed by atoms with E-state index in [1.165, 1.54) is 5.56 Å². The summed E-state index contributed by atoms with van der Waals surface area (Å²) < 4.78 is 0. The molecule has 1 nitrogen and oxygen atoms in total. The summed E-state index contributed by atoms with van der Waals surface area (Å²) in [6.07, 6.45) is 2.16. The first-order chi connectivity index (χ1) is 6.33. The lowest BCUT2D eigenvalue weighted by Gasteiger charge is -2.08. The molecule has 72 valence electrons. The highest BCUT2D eigenvalue weighted by molar-refractivity contribution is 6.17. The normalized spacial score (nSPS) is 12.8. The summed E-state index contributed by atoms with van der Waals surface area (Å²) in [7, 11) is 0. The molecule has 0 aliphatic carbocycles. The van der Waals surface area contributed by atoms with Crippen LogP contribution in [0.3, 0.4) is 0 Å². The van der Waals surface area contributed by atoms with Gasteiger partial charge in [-0.3, -0.25) is 0 Å². The fourth-order valence-corrected chi connectivity index (χ4v) is 1.46. The molecule has 0 amide bonds. The van der Waals surface area contributed by atoms with Crippen molar-refractivity contribution in [3.63, 3.8) is 0 Å². The maximum absolute atomic E-state index is 9.58. The number of hydrogen-bond donors (Lipinski definition) is 1. The Morgan fingerprint density at radius 1 is 1.23 bits per heavy atom. The third kappa shape index (κ3) is 4.30. The smallest absolute Gasteiger partial charge is 0.0581 e. The minimum atomic E-state index is -0.249. The average molecular weight is 199 g/mol. The SMILES string of the molecule is OC(CCCCl)Cc1ccccc1. The second-order valence-corrected chi connectivity index (χ2v) is 3.55. The Kier molecular flexibility index (Phi) is 4.87. The van der Waals surface area contributed by atoms with Crippen LogP contribution in [0.1, 0.15) is 18.4 Å². The molecule has 0 radical (unpaired) electrons. The Morgan fingerprint density at radius 3 is 2.54 bits per heavy atom. The Balaban J connectivity index is 2.32. The molecule has 1 rings (SSSR count). The maximum atomic E-state index is 9.58. The molecule has 1 aromatic rings. The largest absolute Gasteiger partial charge is 0.393 e. The van der Waals surface area contributed by atoms with Crippen LogP contribution in [0.5, 0.6) is 0 Å². The lowest BCUT2D eigenvalue weighted by molar-refractivity contribution is 0.164. The first kappa shape index (κ1) is 10.6. The van der Waals surface area contributed by atoms with Crippen LogP contribution in [0.15, 0.2) is 30.3 Å². The first-order valence-corrected chi connectivity index (χ1v) is 5.14. The van der Waals surface area contributed by atoms with Gasteiger partial charge < -0.3 is 5.11 Å². The Morgan fingerprint density at radius 2 is 1.92 bits per heavy atom. The molecule has 0 fully saturated rings. The number of halogens is 1. The van der Waals surface area contributed by atoms with Gasteiger partial charge in [-0.05, 0) is 24.8 Å². The molecule has 0 bridgehead atoms. The van der Waals surface area contributed by atoms with Crippen LogP contribution >= 0.6 is 11.6 Å². The van der Waals surface area contributed by atoms with Crippen LogP contribution in [-0.2, 0) is 6.42 Å². The predicted octanol–water partition coefficient (Wildman–Crippen LogP) is 2.61. The quantitative estimate of drug-likeness (QED) is 0.722. The summed E-state index contributed by atoms with van der Waals surface area (Å²) in [5.41, 5.74) is 1.18. The van der Waals surface area contributed by atoms with Crippen molar-refractivity contribution in [2.45, 2.75) is 25.4 Å². The Labute approximate surface area is 84.4 Å². The molecule has 0 aromatic heterocycles. The summed E-state index contributed by atoms with van der Waals surface area (Å²) in [6, 6.07) is 10.0. The Bertz CT molecular complexity index is 223. The summed E-state index contributed by atoms with van der Waals surface area (Å²) in [5, 5.41) is 9.58. The van der Waals surface area contributed by atoms with E-state index in [4.69, 9.17) is 11.6 Å². The molecule has 0 aliphatic heterocycles. The van der Waals surface area contributed by atoms with Crippen LogP contribution in [0.2, 0.25) is 0 Å². The zero-order chi connectivity index (χ0) is 9.52. The molecule has 0 saturated heterocycles. The number of rotatable bonds is 5. The molecule has 2 heteroatoms. The van der Waals surface area contributed by atoms with Gasteiger partial charge in [-0.2, -0.15) is 0 Å². The van der Waals surface area contributed by atoms with Crippen LogP contribution in [-0.4, -0.2) is 17.1 Å². The summed E-state index contributed by atoms with van der Waals surface area (Å²) >= 11 is 5.54. The third-order valence-corrected chi connectivity index (χ3v) is 2.25. The van der Waals surface area contributed by atoms with E-state index in [1.54, 1.807) is 0 Å². The Hall–Kier alpha value is -0.530. The fourth-order valence-electron chi connectivity index (χ4n) is 1.30. The summed E-state index contributed by atoms with van der Waals surface area (Å²) in [6.45, 7) is 0. The second-order valence-electron chi connectivity index (χ2n) is 3.17. The fraction of sp³-hybridized carbons (Fsp3) is 0.455. The standard InChI is InChI=1S/C11H15ClO/c12-8-4-7-11(13)9-10-5-2-1-3-6-10/h1-3,5-6,11,13H,4,7-9H2. The van der Waals surface area contributed by atoms with Gasteiger partial charge in [-0.1, -0.05) is 30.3 Å². The summed E-state index contributed by atoms with van der Waals surface area (Å²) in [4.78, 5) is 0. The van der Waals surface area contributed by atoms with Crippen LogP contribution in [0.4, 0.5) is 0 Å². The number of aliphatic hydroxyl groups excluding tert-OH is 1. The van der Waals surface area contributed by atoms with E-state index in [0.29, 0.717) is 5.88 Å². The van der Waals surface area contributed by atoms with Crippen molar-refractivity contribution in [2.75, 3.05) is 5.88 Å². The monoisotopic (exact) mass is 198 g/mol. The molecule has 13 heavy (non-hydrogen) atoms. The van der Waals surface area contributed by atoms with Crippen LogP contribution < -0.4 is 0 Å². The highest BCUT2D eigenvalue weighted by Crippen LogP contribution is 2.07. The highest BCUT2D eigenvalue weighted by atomic mass is 35.5. The second kappa shape index (κ2) is 6.01. The predicted molar refractivity (Wildman–Crippen MR) is 56.1 cm³/mol. The molecule has 1 aromatic carbocycles. The van der Waals surface area contributed by atoms with Crippen molar-refractivity contribution in [1.82, 2.24) is 0 Å². The van der Waals surface area contributed by atoms with Gasteiger partial charge in [0.15, 0.2) is 0 Å². The topological polar surface area (TPSA) is 20.2 Å². The van der Waals surface area contributed by atoms with E-state index >= 15 is 0 Å². The third-order valence-electron chi connectivity index (χ3n) is 1.99. The van der Waals surface area contributed by atoms with Crippen molar-refractivity contribution in [1.29, 1.82) is 0 Å². The van der Waals surface area contributed by atoms with Gasteiger partial charge in [0.1, 0.15) is 0 Å². The average Bonchev–Trinajstić information content (AvgIpc) is 2.16. The van der Waals surface area contributed by atoms with E-state index in [0.717, 1.165) is 19.3 Å². The van der Waals surface area contributed by atoms with Crippen LogP contribution in [0, 0.1) is 0 Å².